The Morgan fingerprint density at radius 3 is 2.66 bits per heavy atom. The number of aliphatic carboxylic acids is 1. The Labute approximate surface area is 243 Å². The molecule has 0 radical (unpaired) electrons. The molecule has 14 nitrogen and oxygen atoms in total. The number of hydrogen-bond acceptors (Lipinski definition) is 11. The van der Waals surface area contributed by atoms with Gasteiger partial charge in [0.1, 0.15) is 28.9 Å². The molecular weight excluding hydrogens is 572 g/mol. The first-order valence-corrected chi connectivity index (χ1v) is 14.7. The van der Waals surface area contributed by atoms with Crippen LogP contribution < -0.4 is 27.1 Å². The Kier molecular flexibility index (Phi) is 9.57. The number of rotatable bonds is 13. The summed E-state index contributed by atoms with van der Waals surface area (Å²) in [4.78, 5) is 60.4. The number of oxime groups is 1. The summed E-state index contributed by atoms with van der Waals surface area (Å²) in [5, 5.41) is 17.8. The number of hydrogen-bond donors (Lipinski definition) is 5. The van der Waals surface area contributed by atoms with Crippen molar-refractivity contribution in [1.29, 1.82) is 0 Å². The van der Waals surface area contributed by atoms with Crippen molar-refractivity contribution in [3.8, 4) is 0 Å². The largest absolute Gasteiger partial charge is 0.477 e. The van der Waals surface area contributed by atoms with Crippen LogP contribution in [0.25, 0.3) is 0 Å². The molecule has 4 rings (SSSR count). The van der Waals surface area contributed by atoms with Crippen LogP contribution in [0.15, 0.2) is 46.3 Å². The summed E-state index contributed by atoms with van der Waals surface area (Å²) in [6.45, 7) is 2.29. The number of aryl methyl sites for hydroxylation is 1. The summed E-state index contributed by atoms with van der Waals surface area (Å²) in [6, 6.07) is 2.69. The molecule has 1 fully saturated rings. The molecule has 2 unspecified atom stereocenters. The lowest BCUT2D eigenvalue weighted by Crippen LogP contribution is -2.71. The summed E-state index contributed by atoms with van der Waals surface area (Å²) in [5.41, 5.74) is 18.0. The topological polar surface area (TPSA) is 220 Å². The van der Waals surface area contributed by atoms with Gasteiger partial charge >= 0.3 is 5.97 Å². The van der Waals surface area contributed by atoms with E-state index in [0.29, 0.717) is 24.2 Å². The first kappa shape index (κ1) is 30.0. The van der Waals surface area contributed by atoms with Crippen LogP contribution >= 0.6 is 23.1 Å². The maximum atomic E-state index is 13.2. The zero-order valence-corrected chi connectivity index (χ0v) is 23.8. The number of amides is 3. The van der Waals surface area contributed by atoms with E-state index >= 15 is 0 Å². The monoisotopic (exact) mass is 603 g/mol. The second kappa shape index (κ2) is 13.1. The fourth-order valence-electron chi connectivity index (χ4n) is 4.28. The molecule has 0 spiro atoms. The number of nitrogen functional groups attached to an aromatic ring is 1. The number of aromatic nitrogens is 2. The number of nitrogens with two attached hydrogens (primary N) is 3. The van der Waals surface area contributed by atoms with Crippen molar-refractivity contribution < 1.29 is 33.7 Å². The third kappa shape index (κ3) is 6.83. The number of anilines is 1. The summed E-state index contributed by atoms with van der Waals surface area (Å²) in [5.74, 6) is -2.55. The Bertz CT molecular complexity index is 1390. The van der Waals surface area contributed by atoms with Crippen LogP contribution in [0.1, 0.15) is 31.0 Å². The highest BCUT2D eigenvalue weighted by molar-refractivity contribution is 8.00. The van der Waals surface area contributed by atoms with E-state index in [-0.39, 0.29) is 47.7 Å². The maximum absolute atomic E-state index is 13.2. The zero-order chi connectivity index (χ0) is 29.7. The second-order valence-electron chi connectivity index (χ2n) is 9.35. The molecule has 0 aromatic carbocycles. The molecule has 0 saturated carbocycles. The average Bonchev–Trinajstić information content (AvgIpc) is 3.38. The third-order valence-corrected chi connectivity index (χ3v) is 8.53. The van der Waals surface area contributed by atoms with Gasteiger partial charge in [-0.3, -0.25) is 19.3 Å². The Morgan fingerprint density at radius 2 is 2.07 bits per heavy atom. The number of pyridine rings is 1. The number of thiazole rings is 1. The maximum Gasteiger partial charge on any atom is 0.352 e. The SMILES string of the molecule is CCC(CN)ON=C(C(=O)NC1C(=O)N2C(C(=O)O)=C(C[n+]3ccc(CCC(N)=O)cc3)CS[C@H]12)c1csc(N)n1. The fraction of sp³-hybridized carbons (Fsp3) is 0.400. The normalized spacial score (nSPS) is 19.3. The Morgan fingerprint density at radius 1 is 1.34 bits per heavy atom. The second-order valence-corrected chi connectivity index (χ2v) is 11.3. The average molecular weight is 604 g/mol. The molecule has 4 heterocycles. The van der Waals surface area contributed by atoms with Crippen molar-refractivity contribution in [3.05, 3.63) is 52.4 Å². The highest BCUT2D eigenvalue weighted by Gasteiger charge is 2.54. The van der Waals surface area contributed by atoms with Crippen molar-refractivity contribution in [2.24, 2.45) is 16.6 Å². The number of β-lactam (4-membered cyclic amide) rings is 1. The molecule has 2 aliphatic rings. The van der Waals surface area contributed by atoms with Gasteiger partial charge in [0.2, 0.25) is 5.91 Å². The molecule has 3 amide bonds. The van der Waals surface area contributed by atoms with E-state index in [2.05, 4.69) is 15.5 Å². The van der Waals surface area contributed by atoms with Crippen LogP contribution in [-0.2, 0) is 37.0 Å². The number of carbonyl (C=O) groups excluding carboxylic acids is 3. The minimum absolute atomic E-state index is 0.104. The van der Waals surface area contributed by atoms with Gasteiger partial charge in [-0.05, 0) is 18.4 Å². The molecule has 0 bridgehead atoms. The van der Waals surface area contributed by atoms with E-state index in [1.165, 1.54) is 16.7 Å². The van der Waals surface area contributed by atoms with E-state index in [1.807, 2.05) is 19.1 Å². The van der Waals surface area contributed by atoms with Gasteiger partial charge in [0.05, 0.1) is 0 Å². The summed E-state index contributed by atoms with van der Waals surface area (Å²) in [6.07, 6.45) is 4.44. The number of carboxylic acids is 1. The van der Waals surface area contributed by atoms with Crippen LogP contribution in [-0.4, -0.2) is 74.2 Å². The lowest BCUT2D eigenvalue weighted by molar-refractivity contribution is -0.689. The molecule has 2 aliphatic heterocycles. The molecule has 3 atom stereocenters. The van der Waals surface area contributed by atoms with Crippen LogP contribution in [0, 0.1) is 0 Å². The van der Waals surface area contributed by atoms with E-state index in [4.69, 9.17) is 22.0 Å². The predicted octanol–water partition coefficient (Wildman–Crippen LogP) is -0.672. The van der Waals surface area contributed by atoms with Gasteiger partial charge in [0.25, 0.3) is 11.8 Å². The molecular formula is C25H31N8O6S2+. The van der Waals surface area contributed by atoms with Gasteiger partial charge in [0, 0.05) is 41.8 Å². The van der Waals surface area contributed by atoms with Gasteiger partial charge < -0.3 is 32.5 Å². The quantitative estimate of drug-likeness (QED) is 0.0841. The molecule has 2 aromatic rings. The van der Waals surface area contributed by atoms with E-state index in [1.54, 1.807) is 22.3 Å². The van der Waals surface area contributed by atoms with Gasteiger partial charge in [-0.2, -0.15) is 0 Å². The first-order valence-electron chi connectivity index (χ1n) is 12.7. The van der Waals surface area contributed by atoms with Crippen LogP contribution in [0.2, 0.25) is 0 Å². The summed E-state index contributed by atoms with van der Waals surface area (Å²) < 4.78 is 1.80. The Hall–Kier alpha value is -4.02. The number of carbonyl (C=O) groups is 4. The highest BCUT2D eigenvalue weighted by Crippen LogP contribution is 2.40. The number of nitrogens with one attached hydrogen (secondary N) is 1. The minimum Gasteiger partial charge on any atom is -0.477 e. The van der Waals surface area contributed by atoms with E-state index in [9.17, 15) is 24.3 Å². The van der Waals surface area contributed by atoms with E-state index in [0.717, 1.165) is 16.9 Å². The van der Waals surface area contributed by atoms with Gasteiger partial charge in [0.15, 0.2) is 29.8 Å². The standard InChI is InChI=1S/C25H30N8O6S2/c1-2-15(9-26)39-31-18(16-12-41-25(28)29-16)21(35)30-19-22(36)33-20(24(37)38)14(11-40-23(19)33)10-32-7-5-13(6-8-32)3-4-17(27)34/h5-8,12,15,19,23H,2-4,9-11,26H2,1H3,(H5-,27,28,29,30,34,35,37,38)/p+1/t15?,19?,23-/m1/s1. The smallest absolute Gasteiger partial charge is 0.352 e. The summed E-state index contributed by atoms with van der Waals surface area (Å²) >= 11 is 2.47. The molecule has 8 N–H and O–H groups in total. The van der Waals surface area contributed by atoms with Crippen molar-refractivity contribution in [2.45, 2.75) is 50.3 Å². The zero-order valence-electron chi connectivity index (χ0n) is 22.2. The number of primary amides is 1. The first-order chi connectivity index (χ1) is 19.6. The Balaban J connectivity index is 1.49. The fourth-order valence-corrected chi connectivity index (χ4v) is 6.16. The van der Waals surface area contributed by atoms with Crippen LogP contribution in [0.4, 0.5) is 5.13 Å². The van der Waals surface area contributed by atoms with Crippen molar-refractivity contribution in [2.75, 3.05) is 18.0 Å². The third-order valence-electron chi connectivity index (χ3n) is 6.52. The molecule has 1 saturated heterocycles. The van der Waals surface area contributed by atoms with Crippen molar-refractivity contribution in [1.82, 2.24) is 15.2 Å². The molecule has 41 heavy (non-hydrogen) atoms. The van der Waals surface area contributed by atoms with Gasteiger partial charge in [-0.25, -0.2) is 14.3 Å². The van der Waals surface area contributed by atoms with E-state index < -0.39 is 35.3 Å². The number of fused-ring (bicyclic) bond motifs is 1. The van der Waals surface area contributed by atoms with Crippen molar-refractivity contribution >= 4 is 57.6 Å². The molecule has 0 aliphatic carbocycles. The lowest BCUT2D eigenvalue weighted by Gasteiger charge is -2.49. The minimum atomic E-state index is -1.23. The van der Waals surface area contributed by atoms with Gasteiger partial charge in [-0.15, -0.1) is 23.1 Å². The van der Waals surface area contributed by atoms with Crippen LogP contribution in [0.5, 0.6) is 0 Å². The number of carboxylic acid groups (broad SMARTS) is 1. The lowest BCUT2D eigenvalue weighted by atomic mass is 10.0. The molecule has 2 aromatic heterocycles. The highest BCUT2D eigenvalue weighted by atomic mass is 32.2. The number of thioether (sulfide) groups is 1. The number of nitrogens with zero attached hydrogens (tertiary/aromatic N) is 4. The molecule has 16 heteroatoms. The van der Waals surface area contributed by atoms with Crippen LogP contribution in [0.3, 0.4) is 0 Å². The van der Waals surface area contributed by atoms with Crippen molar-refractivity contribution in [3.63, 3.8) is 0 Å². The molecule has 218 valence electrons. The predicted molar refractivity (Wildman–Crippen MR) is 151 cm³/mol. The van der Waals surface area contributed by atoms with Gasteiger partial charge in [-0.1, -0.05) is 12.1 Å². The summed E-state index contributed by atoms with van der Waals surface area (Å²) in [7, 11) is 0.